The van der Waals surface area contributed by atoms with Gasteiger partial charge in [-0.25, -0.2) is 8.78 Å². The lowest BCUT2D eigenvalue weighted by Crippen LogP contribution is -2.32. The number of furan rings is 1. The average molecular weight is 241 g/mol. The van der Waals surface area contributed by atoms with E-state index < -0.39 is 19.0 Å². The Labute approximate surface area is 89.2 Å². The third-order valence-corrected chi connectivity index (χ3v) is 1.78. The molecule has 1 aromatic heterocycles. The van der Waals surface area contributed by atoms with E-state index in [1.165, 1.54) is 6.07 Å². The van der Waals surface area contributed by atoms with Crippen LogP contribution in [0.25, 0.3) is 0 Å². The summed E-state index contributed by atoms with van der Waals surface area (Å²) in [4.78, 5) is 0. The van der Waals surface area contributed by atoms with Gasteiger partial charge in [-0.2, -0.15) is 8.78 Å². The molecule has 16 heavy (non-hydrogen) atoms. The molecule has 3 nitrogen and oxygen atoms in total. The van der Waals surface area contributed by atoms with Gasteiger partial charge >= 0.3 is 12.3 Å². The van der Waals surface area contributed by atoms with E-state index in [2.05, 4.69) is 4.74 Å². The number of hydrogen-bond acceptors (Lipinski definition) is 3. The van der Waals surface area contributed by atoms with Gasteiger partial charge < -0.3 is 14.9 Å². The SMILES string of the molecule is NCc1ccc(COCC(F)(F)C(F)F)o1. The lowest BCUT2D eigenvalue weighted by molar-refractivity contribution is -0.169. The monoisotopic (exact) mass is 241 g/mol. The highest BCUT2D eigenvalue weighted by atomic mass is 19.3. The molecule has 92 valence electrons. The standard InChI is InChI=1S/C9H11F4NO2/c10-8(11)9(12,13)5-15-4-7-2-1-6(3-14)16-7/h1-2,8H,3-5,14H2. The summed E-state index contributed by atoms with van der Waals surface area (Å²) in [6.45, 7) is -1.46. The maximum Gasteiger partial charge on any atom is 0.330 e. The Kier molecular flexibility index (Phi) is 4.31. The van der Waals surface area contributed by atoms with Crippen molar-refractivity contribution in [3.63, 3.8) is 0 Å². The largest absolute Gasteiger partial charge is 0.462 e. The van der Waals surface area contributed by atoms with Gasteiger partial charge in [-0.15, -0.1) is 0 Å². The molecule has 1 heterocycles. The van der Waals surface area contributed by atoms with Crippen LogP contribution in [0.15, 0.2) is 16.5 Å². The lowest BCUT2D eigenvalue weighted by atomic mass is 10.4. The van der Waals surface area contributed by atoms with Crippen LogP contribution in [0.2, 0.25) is 0 Å². The van der Waals surface area contributed by atoms with Gasteiger partial charge in [0.05, 0.1) is 6.54 Å². The number of rotatable bonds is 6. The predicted molar refractivity (Wildman–Crippen MR) is 47.2 cm³/mol. The van der Waals surface area contributed by atoms with E-state index in [0.29, 0.717) is 5.76 Å². The van der Waals surface area contributed by atoms with Gasteiger partial charge in [0.25, 0.3) is 0 Å². The molecule has 0 fully saturated rings. The molecule has 0 amide bonds. The third kappa shape index (κ3) is 3.49. The van der Waals surface area contributed by atoms with Crippen LogP contribution < -0.4 is 5.73 Å². The summed E-state index contributed by atoms with van der Waals surface area (Å²) in [6, 6.07) is 3.05. The summed E-state index contributed by atoms with van der Waals surface area (Å²) in [5, 5.41) is 0. The normalized spacial score (nSPS) is 12.4. The molecule has 0 saturated carbocycles. The van der Waals surface area contributed by atoms with Crippen molar-refractivity contribution >= 4 is 0 Å². The van der Waals surface area contributed by atoms with E-state index in [0.717, 1.165) is 0 Å². The molecule has 0 saturated heterocycles. The Morgan fingerprint density at radius 2 is 1.94 bits per heavy atom. The Morgan fingerprint density at radius 1 is 1.31 bits per heavy atom. The van der Waals surface area contributed by atoms with E-state index in [4.69, 9.17) is 10.2 Å². The number of hydrogen-bond donors (Lipinski definition) is 1. The number of alkyl halides is 4. The molecule has 1 rings (SSSR count). The fraction of sp³-hybridized carbons (Fsp3) is 0.556. The third-order valence-electron chi connectivity index (χ3n) is 1.78. The molecule has 0 aliphatic heterocycles. The number of nitrogens with two attached hydrogens (primary N) is 1. The Bertz CT molecular complexity index is 327. The minimum Gasteiger partial charge on any atom is -0.462 e. The maximum absolute atomic E-state index is 12.4. The van der Waals surface area contributed by atoms with Crippen LogP contribution >= 0.6 is 0 Å². The first-order chi connectivity index (χ1) is 7.45. The van der Waals surface area contributed by atoms with Crippen molar-refractivity contribution in [2.24, 2.45) is 5.73 Å². The summed E-state index contributed by atoms with van der Waals surface area (Å²) >= 11 is 0. The van der Waals surface area contributed by atoms with Crippen LogP contribution in [0.4, 0.5) is 17.6 Å². The van der Waals surface area contributed by atoms with E-state index >= 15 is 0 Å². The van der Waals surface area contributed by atoms with E-state index in [1.54, 1.807) is 6.07 Å². The van der Waals surface area contributed by atoms with Crippen molar-refractivity contribution < 1.29 is 26.7 Å². The van der Waals surface area contributed by atoms with Gasteiger partial charge in [-0.3, -0.25) is 0 Å². The molecule has 7 heteroatoms. The molecule has 1 aromatic rings. The maximum atomic E-state index is 12.4. The summed E-state index contributed by atoms with van der Waals surface area (Å²) in [6.07, 6.45) is -3.73. The summed E-state index contributed by atoms with van der Waals surface area (Å²) < 4.78 is 57.7. The van der Waals surface area contributed by atoms with Crippen molar-refractivity contribution in [3.8, 4) is 0 Å². The van der Waals surface area contributed by atoms with E-state index in [1.807, 2.05) is 0 Å². The highest BCUT2D eigenvalue weighted by Crippen LogP contribution is 2.23. The molecule has 0 radical (unpaired) electrons. The zero-order chi connectivity index (χ0) is 12.2. The molecule has 0 aliphatic rings. The topological polar surface area (TPSA) is 48.4 Å². The average Bonchev–Trinajstić information content (AvgIpc) is 2.65. The summed E-state index contributed by atoms with van der Waals surface area (Å²) in [7, 11) is 0. The highest BCUT2D eigenvalue weighted by Gasteiger charge is 2.40. The quantitative estimate of drug-likeness (QED) is 0.776. The zero-order valence-corrected chi connectivity index (χ0v) is 8.26. The van der Waals surface area contributed by atoms with Gasteiger partial charge in [0.15, 0.2) is 0 Å². The van der Waals surface area contributed by atoms with Crippen LogP contribution in [0, 0.1) is 0 Å². The van der Waals surface area contributed by atoms with Crippen LogP contribution in [-0.4, -0.2) is 19.0 Å². The molecule has 0 unspecified atom stereocenters. The first-order valence-electron chi connectivity index (χ1n) is 4.47. The highest BCUT2D eigenvalue weighted by molar-refractivity contribution is 5.05. The Hall–Kier alpha value is -1.08. The van der Waals surface area contributed by atoms with Gasteiger partial charge in [0.2, 0.25) is 0 Å². The first kappa shape index (κ1) is 13.0. The van der Waals surface area contributed by atoms with E-state index in [-0.39, 0.29) is 18.9 Å². The second-order valence-electron chi connectivity index (χ2n) is 3.13. The molecule has 0 aliphatic carbocycles. The van der Waals surface area contributed by atoms with Crippen molar-refractivity contribution in [1.29, 1.82) is 0 Å². The summed E-state index contributed by atoms with van der Waals surface area (Å²) in [5.74, 6) is -3.40. The van der Waals surface area contributed by atoms with Crippen LogP contribution in [0.5, 0.6) is 0 Å². The second kappa shape index (κ2) is 5.31. The van der Waals surface area contributed by atoms with Crippen molar-refractivity contribution in [1.82, 2.24) is 0 Å². The molecular weight excluding hydrogens is 230 g/mol. The second-order valence-corrected chi connectivity index (χ2v) is 3.13. The fourth-order valence-corrected chi connectivity index (χ4v) is 0.960. The number of halogens is 4. The number of ether oxygens (including phenoxy) is 1. The first-order valence-corrected chi connectivity index (χ1v) is 4.47. The lowest BCUT2D eigenvalue weighted by Gasteiger charge is -2.14. The van der Waals surface area contributed by atoms with Crippen molar-refractivity contribution in [2.45, 2.75) is 25.5 Å². The molecule has 0 spiro atoms. The minimum absolute atomic E-state index is 0.174. The molecule has 0 bridgehead atoms. The van der Waals surface area contributed by atoms with Crippen LogP contribution in [-0.2, 0) is 17.9 Å². The Morgan fingerprint density at radius 3 is 2.44 bits per heavy atom. The fourth-order valence-electron chi connectivity index (χ4n) is 0.960. The molecule has 0 aromatic carbocycles. The van der Waals surface area contributed by atoms with E-state index in [9.17, 15) is 17.6 Å². The van der Waals surface area contributed by atoms with Gasteiger partial charge in [0.1, 0.15) is 24.7 Å². The van der Waals surface area contributed by atoms with Gasteiger partial charge in [-0.05, 0) is 12.1 Å². The Balaban J connectivity index is 2.35. The van der Waals surface area contributed by atoms with Crippen molar-refractivity contribution in [3.05, 3.63) is 23.7 Å². The molecular formula is C9H11F4NO2. The van der Waals surface area contributed by atoms with Crippen LogP contribution in [0.3, 0.4) is 0 Å². The van der Waals surface area contributed by atoms with Gasteiger partial charge in [0, 0.05) is 0 Å². The smallest absolute Gasteiger partial charge is 0.330 e. The predicted octanol–water partition coefficient (Wildman–Crippen LogP) is 2.16. The van der Waals surface area contributed by atoms with Gasteiger partial charge in [-0.1, -0.05) is 0 Å². The zero-order valence-electron chi connectivity index (χ0n) is 8.26. The molecule has 0 atom stereocenters. The van der Waals surface area contributed by atoms with Crippen LogP contribution in [0.1, 0.15) is 11.5 Å². The minimum atomic E-state index is -4.14. The summed E-state index contributed by atoms with van der Waals surface area (Å²) in [5.41, 5.74) is 5.25. The van der Waals surface area contributed by atoms with Crippen molar-refractivity contribution in [2.75, 3.05) is 6.61 Å². The molecule has 2 N–H and O–H groups in total.